The molecule has 0 spiro atoms. The molecule has 0 heterocycles. The van der Waals surface area contributed by atoms with Crippen LogP contribution in [0.1, 0.15) is 22.3 Å². The molecule has 0 radical (unpaired) electrons. The first-order valence-electron chi connectivity index (χ1n) is 6.25. The Morgan fingerprint density at radius 3 is 2.42 bits per heavy atom. The third-order valence-electron chi connectivity index (χ3n) is 3.04. The molecule has 0 aromatic heterocycles. The first-order valence-corrected chi connectivity index (χ1v) is 6.25. The highest BCUT2D eigenvalue weighted by Gasteiger charge is 2.02. The van der Waals surface area contributed by atoms with E-state index < -0.39 is 0 Å². The molecular weight excluding hydrogens is 234 g/mol. The van der Waals surface area contributed by atoms with E-state index in [0.717, 1.165) is 16.8 Å². The summed E-state index contributed by atoms with van der Waals surface area (Å²) in [5, 5.41) is 12.4. The molecule has 0 aliphatic rings. The van der Waals surface area contributed by atoms with Gasteiger partial charge in [0, 0.05) is 13.1 Å². The summed E-state index contributed by atoms with van der Waals surface area (Å²) in [7, 11) is 0. The quantitative estimate of drug-likeness (QED) is 0.878. The normalized spacial score (nSPS) is 9.95. The first-order chi connectivity index (χ1) is 9.22. The fourth-order valence-electron chi connectivity index (χ4n) is 1.89. The molecule has 2 aromatic rings. The molecule has 0 bridgehead atoms. The molecule has 0 saturated carbocycles. The van der Waals surface area contributed by atoms with Crippen LogP contribution in [-0.2, 0) is 13.1 Å². The second-order valence-electron chi connectivity index (χ2n) is 4.54. The van der Waals surface area contributed by atoms with Crippen LogP contribution in [0.15, 0.2) is 42.5 Å². The van der Waals surface area contributed by atoms with Gasteiger partial charge in [-0.1, -0.05) is 30.3 Å². The Kier molecular flexibility index (Phi) is 4.17. The van der Waals surface area contributed by atoms with Gasteiger partial charge in [-0.2, -0.15) is 5.26 Å². The van der Waals surface area contributed by atoms with Crippen LogP contribution < -0.4 is 11.1 Å². The van der Waals surface area contributed by atoms with E-state index in [1.807, 2.05) is 37.3 Å². The maximum absolute atomic E-state index is 9.07. The van der Waals surface area contributed by atoms with Crippen LogP contribution in [0.2, 0.25) is 0 Å². The van der Waals surface area contributed by atoms with Gasteiger partial charge in [-0.3, -0.25) is 0 Å². The molecule has 3 N–H and O–H groups in total. The van der Waals surface area contributed by atoms with Crippen LogP contribution >= 0.6 is 0 Å². The second kappa shape index (κ2) is 6.03. The number of aryl methyl sites for hydroxylation is 1. The van der Waals surface area contributed by atoms with E-state index in [9.17, 15) is 0 Å². The van der Waals surface area contributed by atoms with Gasteiger partial charge in [0.25, 0.3) is 0 Å². The molecule has 0 fully saturated rings. The summed E-state index contributed by atoms with van der Waals surface area (Å²) in [6.45, 7) is 3.27. The third kappa shape index (κ3) is 3.34. The lowest BCUT2D eigenvalue weighted by Gasteiger charge is -2.09. The number of benzene rings is 2. The monoisotopic (exact) mass is 251 g/mol. The van der Waals surface area contributed by atoms with Gasteiger partial charge in [0.1, 0.15) is 6.07 Å². The van der Waals surface area contributed by atoms with Gasteiger partial charge in [0.05, 0.1) is 11.3 Å². The van der Waals surface area contributed by atoms with Crippen LogP contribution in [0.25, 0.3) is 0 Å². The van der Waals surface area contributed by atoms with Crippen molar-refractivity contribution in [1.29, 1.82) is 5.26 Å². The van der Waals surface area contributed by atoms with E-state index in [1.165, 1.54) is 5.56 Å². The highest BCUT2D eigenvalue weighted by atomic mass is 14.9. The topological polar surface area (TPSA) is 61.8 Å². The number of nitrogens with zero attached hydrogens (tertiary/aromatic N) is 1. The van der Waals surface area contributed by atoms with Crippen LogP contribution in [0.4, 0.5) is 5.69 Å². The third-order valence-corrected chi connectivity index (χ3v) is 3.04. The Labute approximate surface area is 113 Å². The lowest BCUT2D eigenvalue weighted by molar-refractivity contribution is 1.06. The number of hydrogen-bond donors (Lipinski definition) is 2. The molecule has 96 valence electrons. The van der Waals surface area contributed by atoms with Gasteiger partial charge in [-0.15, -0.1) is 0 Å². The van der Waals surface area contributed by atoms with Crippen LogP contribution in [0, 0.1) is 18.3 Å². The minimum absolute atomic E-state index is 0.560. The van der Waals surface area contributed by atoms with Crippen molar-refractivity contribution in [3.05, 3.63) is 64.7 Å². The summed E-state index contributed by atoms with van der Waals surface area (Å²) in [4.78, 5) is 0. The number of hydrogen-bond acceptors (Lipinski definition) is 3. The summed E-state index contributed by atoms with van der Waals surface area (Å²) >= 11 is 0. The summed E-state index contributed by atoms with van der Waals surface area (Å²) in [6, 6.07) is 16.1. The van der Waals surface area contributed by atoms with Crippen molar-refractivity contribution in [1.82, 2.24) is 0 Å². The Morgan fingerprint density at radius 2 is 1.79 bits per heavy atom. The Balaban J connectivity index is 2.09. The summed E-state index contributed by atoms with van der Waals surface area (Å²) in [5.41, 5.74) is 10.5. The zero-order chi connectivity index (χ0) is 13.7. The fraction of sp³-hybridized carbons (Fsp3) is 0.188. The van der Waals surface area contributed by atoms with E-state index in [0.29, 0.717) is 18.7 Å². The van der Waals surface area contributed by atoms with E-state index in [2.05, 4.69) is 23.5 Å². The van der Waals surface area contributed by atoms with Gasteiger partial charge in [0.2, 0.25) is 0 Å². The maximum Gasteiger partial charge on any atom is 0.101 e. The number of nitriles is 1. The number of anilines is 1. The average molecular weight is 251 g/mol. The number of nitrogens with one attached hydrogen (secondary N) is 1. The average Bonchev–Trinajstić information content (AvgIpc) is 2.46. The first kappa shape index (κ1) is 13.1. The minimum Gasteiger partial charge on any atom is -0.380 e. The van der Waals surface area contributed by atoms with Gasteiger partial charge in [-0.25, -0.2) is 0 Å². The van der Waals surface area contributed by atoms with Crippen molar-refractivity contribution < 1.29 is 0 Å². The van der Waals surface area contributed by atoms with Crippen molar-refractivity contribution in [3.63, 3.8) is 0 Å². The zero-order valence-electron chi connectivity index (χ0n) is 11.0. The molecule has 0 aliphatic carbocycles. The molecule has 2 aromatic carbocycles. The van der Waals surface area contributed by atoms with Gasteiger partial charge in [0.15, 0.2) is 0 Å². The molecule has 2 rings (SSSR count). The predicted molar refractivity (Wildman–Crippen MR) is 77.6 cm³/mol. The largest absolute Gasteiger partial charge is 0.380 e. The van der Waals surface area contributed by atoms with Gasteiger partial charge >= 0.3 is 0 Å². The SMILES string of the molecule is Cc1ccc(C#N)c(NCc2ccc(CN)cc2)c1. The van der Waals surface area contributed by atoms with Crippen molar-refractivity contribution in [3.8, 4) is 6.07 Å². The summed E-state index contributed by atoms with van der Waals surface area (Å²) < 4.78 is 0. The fourth-order valence-corrected chi connectivity index (χ4v) is 1.89. The lowest BCUT2D eigenvalue weighted by Crippen LogP contribution is -2.02. The number of nitrogens with two attached hydrogens (primary N) is 1. The van der Waals surface area contributed by atoms with Crippen molar-refractivity contribution in [2.45, 2.75) is 20.0 Å². The van der Waals surface area contributed by atoms with Crippen LogP contribution in [0.5, 0.6) is 0 Å². The minimum atomic E-state index is 0.560. The van der Waals surface area contributed by atoms with E-state index in [1.54, 1.807) is 0 Å². The zero-order valence-corrected chi connectivity index (χ0v) is 11.0. The summed E-state index contributed by atoms with van der Waals surface area (Å²) in [6.07, 6.45) is 0. The highest BCUT2D eigenvalue weighted by molar-refractivity contribution is 5.58. The lowest BCUT2D eigenvalue weighted by atomic mass is 10.1. The molecule has 3 heteroatoms. The van der Waals surface area contributed by atoms with Gasteiger partial charge in [-0.05, 0) is 35.7 Å². The molecule has 0 amide bonds. The van der Waals surface area contributed by atoms with Crippen molar-refractivity contribution in [2.24, 2.45) is 5.73 Å². The molecule has 0 unspecified atom stereocenters. The summed E-state index contributed by atoms with van der Waals surface area (Å²) in [5.74, 6) is 0. The maximum atomic E-state index is 9.07. The van der Waals surface area contributed by atoms with E-state index in [4.69, 9.17) is 11.0 Å². The molecular formula is C16H17N3. The van der Waals surface area contributed by atoms with E-state index in [-0.39, 0.29) is 0 Å². The Hall–Kier alpha value is -2.31. The van der Waals surface area contributed by atoms with Crippen molar-refractivity contribution >= 4 is 5.69 Å². The second-order valence-corrected chi connectivity index (χ2v) is 4.54. The smallest absolute Gasteiger partial charge is 0.101 e. The van der Waals surface area contributed by atoms with Gasteiger partial charge < -0.3 is 11.1 Å². The van der Waals surface area contributed by atoms with Crippen molar-refractivity contribution in [2.75, 3.05) is 5.32 Å². The van der Waals surface area contributed by atoms with Crippen LogP contribution in [0.3, 0.4) is 0 Å². The highest BCUT2D eigenvalue weighted by Crippen LogP contribution is 2.17. The predicted octanol–water partition coefficient (Wildman–Crippen LogP) is 2.94. The molecule has 0 atom stereocenters. The molecule has 0 saturated heterocycles. The molecule has 3 nitrogen and oxygen atoms in total. The Morgan fingerprint density at radius 1 is 1.11 bits per heavy atom. The molecule has 0 aliphatic heterocycles. The Bertz CT molecular complexity index is 594. The van der Waals surface area contributed by atoms with E-state index >= 15 is 0 Å². The standard InChI is InChI=1S/C16H17N3/c1-12-2-7-15(10-18)16(8-12)19-11-14-5-3-13(9-17)4-6-14/h2-8,19H,9,11,17H2,1H3. The number of rotatable bonds is 4. The van der Waals surface area contributed by atoms with Crippen LogP contribution in [-0.4, -0.2) is 0 Å². The molecule has 19 heavy (non-hydrogen) atoms.